The normalized spacial score (nSPS) is 18.7. The quantitative estimate of drug-likeness (QED) is 0.657. The van der Waals surface area contributed by atoms with E-state index in [1.165, 1.54) is 17.3 Å². The number of carbonyl (C=O) groups excluding carboxylic acids is 2. The number of nitrogens with zero attached hydrogens (tertiary/aromatic N) is 2. The van der Waals surface area contributed by atoms with E-state index in [2.05, 4.69) is 20.8 Å². The second-order valence-corrected chi connectivity index (χ2v) is 6.79. The fourth-order valence-electron chi connectivity index (χ4n) is 1.93. The molecular formula is C16H20N4O2S. The van der Waals surface area contributed by atoms with E-state index in [0.717, 1.165) is 17.0 Å². The molecule has 7 heteroatoms. The Balaban J connectivity index is 1.95. The molecule has 1 saturated heterocycles. The predicted octanol–water partition coefficient (Wildman–Crippen LogP) is 2.62. The van der Waals surface area contributed by atoms with Gasteiger partial charge in [-0.15, -0.1) is 5.10 Å². The van der Waals surface area contributed by atoms with Crippen LogP contribution in [-0.4, -0.2) is 27.9 Å². The Morgan fingerprint density at radius 3 is 2.70 bits per heavy atom. The standard InChI is InChI=1S/C16H20N4O2S/c1-9(2)19-20-16-18-15(22)13(23-16)8-14(21)17-12-6-5-10(3)11(4)7-12/h5-7,13H,8H2,1-4H3,(H,17,21)(H,18,20,22)/t13-/m1/s1. The summed E-state index contributed by atoms with van der Waals surface area (Å²) in [6, 6.07) is 5.73. The minimum Gasteiger partial charge on any atom is -0.326 e. The summed E-state index contributed by atoms with van der Waals surface area (Å²) in [5.41, 5.74) is 3.81. The molecule has 1 aromatic carbocycles. The summed E-state index contributed by atoms with van der Waals surface area (Å²) < 4.78 is 0. The molecule has 1 aliphatic heterocycles. The lowest BCUT2D eigenvalue weighted by Crippen LogP contribution is -2.28. The zero-order valence-corrected chi connectivity index (χ0v) is 14.5. The van der Waals surface area contributed by atoms with Gasteiger partial charge in [0.25, 0.3) is 0 Å². The van der Waals surface area contributed by atoms with Gasteiger partial charge in [0, 0.05) is 17.8 Å². The Morgan fingerprint density at radius 2 is 2.04 bits per heavy atom. The Bertz CT molecular complexity index is 693. The number of amidine groups is 1. The zero-order chi connectivity index (χ0) is 17.0. The molecule has 122 valence electrons. The molecular weight excluding hydrogens is 312 g/mol. The molecule has 0 saturated carbocycles. The highest BCUT2D eigenvalue weighted by molar-refractivity contribution is 8.15. The highest BCUT2D eigenvalue weighted by atomic mass is 32.2. The average Bonchev–Trinajstić information content (AvgIpc) is 2.81. The third-order valence-corrected chi connectivity index (χ3v) is 4.35. The molecule has 0 bridgehead atoms. The zero-order valence-electron chi connectivity index (χ0n) is 13.6. The number of anilines is 1. The molecule has 2 rings (SSSR count). The molecule has 0 spiro atoms. The van der Waals surface area contributed by atoms with Crippen LogP contribution in [0, 0.1) is 13.8 Å². The Kier molecular flexibility index (Phi) is 5.54. The van der Waals surface area contributed by atoms with Gasteiger partial charge in [-0.3, -0.25) is 9.59 Å². The number of rotatable bonds is 4. The van der Waals surface area contributed by atoms with E-state index in [9.17, 15) is 9.59 Å². The molecule has 0 radical (unpaired) electrons. The van der Waals surface area contributed by atoms with E-state index in [4.69, 9.17) is 0 Å². The van der Waals surface area contributed by atoms with Crippen LogP contribution in [0.3, 0.4) is 0 Å². The van der Waals surface area contributed by atoms with Gasteiger partial charge in [0.2, 0.25) is 11.8 Å². The first-order valence-corrected chi connectivity index (χ1v) is 8.16. The van der Waals surface area contributed by atoms with Gasteiger partial charge in [-0.2, -0.15) is 5.10 Å². The number of aryl methyl sites for hydroxylation is 2. The molecule has 1 heterocycles. The molecule has 2 N–H and O–H groups in total. The molecule has 0 aromatic heterocycles. The smallest absolute Gasteiger partial charge is 0.240 e. The predicted molar refractivity (Wildman–Crippen MR) is 94.9 cm³/mol. The number of hydrogen-bond acceptors (Lipinski definition) is 5. The van der Waals surface area contributed by atoms with Crippen LogP contribution in [0.4, 0.5) is 5.69 Å². The summed E-state index contributed by atoms with van der Waals surface area (Å²) in [5, 5.41) is 13.3. The average molecular weight is 332 g/mol. The van der Waals surface area contributed by atoms with Gasteiger partial charge in [0.15, 0.2) is 5.17 Å². The highest BCUT2D eigenvalue weighted by Crippen LogP contribution is 2.23. The van der Waals surface area contributed by atoms with Gasteiger partial charge in [-0.05, 0) is 51.0 Å². The van der Waals surface area contributed by atoms with Crippen molar-refractivity contribution in [3.8, 4) is 0 Å². The van der Waals surface area contributed by atoms with Crippen molar-refractivity contribution in [1.82, 2.24) is 5.32 Å². The number of nitrogens with one attached hydrogen (secondary N) is 2. The molecule has 1 atom stereocenters. The largest absolute Gasteiger partial charge is 0.326 e. The fraction of sp³-hybridized carbons (Fsp3) is 0.375. The molecule has 23 heavy (non-hydrogen) atoms. The van der Waals surface area contributed by atoms with Crippen molar-refractivity contribution < 1.29 is 9.59 Å². The third-order valence-electron chi connectivity index (χ3n) is 3.28. The van der Waals surface area contributed by atoms with E-state index in [1.807, 2.05) is 45.9 Å². The first-order valence-electron chi connectivity index (χ1n) is 7.28. The van der Waals surface area contributed by atoms with E-state index >= 15 is 0 Å². The van der Waals surface area contributed by atoms with Crippen LogP contribution in [0.15, 0.2) is 28.4 Å². The van der Waals surface area contributed by atoms with Crippen molar-refractivity contribution in [2.75, 3.05) is 5.32 Å². The second kappa shape index (κ2) is 7.41. The minimum absolute atomic E-state index is 0.0945. The van der Waals surface area contributed by atoms with E-state index in [-0.39, 0.29) is 18.2 Å². The van der Waals surface area contributed by atoms with Crippen molar-refractivity contribution in [1.29, 1.82) is 0 Å². The summed E-state index contributed by atoms with van der Waals surface area (Å²) in [6.07, 6.45) is 0.0945. The Labute approximate surface area is 139 Å². The lowest BCUT2D eigenvalue weighted by molar-refractivity contribution is -0.122. The second-order valence-electron chi connectivity index (χ2n) is 5.60. The van der Waals surface area contributed by atoms with Crippen LogP contribution in [0.1, 0.15) is 31.4 Å². The van der Waals surface area contributed by atoms with E-state index in [1.54, 1.807) is 0 Å². The van der Waals surface area contributed by atoms with E-state index in [0.29, 0.717) is 5.17 Å². The molecule has 2 amide bonds. The summed E-state index contributed by atoms with van der Waals surface area (Å²) in [7, 11) is 0. The maximum absolute atomic E-state index is 12.1. The minimum atomic E-state index is -0.479. The third kappa shape index (κ3) is 4.92. The number of amides is 2. The van der Waals surface area contributed by atoms with Crippen molar-refractivity contribution in [3.05, 3.63) is 29.3 Å². The van der Waals surface area contributed by atoms with Crippen molar-refractivity contribution in [2.24, 2.45) is 10.2 Å². The van der Waals surface area contributed by atoms with Crippen molar-refractivity contribution in [3.63, 3.8) is 0 Å². The van der Waals surface area contributed by atoms with Gasteiger partial charge in [0.1, 0.15) is 5.25 Å². The van der Waals surface area contributed by atoms with Gasteiger partial charge in [0.05, 0.1) is 0 Å². The summed E-state index contributed by atoms with van der Waals surface area (Å²) >= 11 is 1.23. The number of benzene rings is 1. The summed E-state index contributed by atoms with van der Waals surface area (Å²) in [5.74, 6) is -0.412. The molecule has 6 nitrogen and oxygen atoms in total. The molecule has 1 fully saturated rings. The van der Waals surface area contributed by atoms with Crippen molar-refractivity contribution >= 4 is 40.1 Å². The lowest BCUT2D eigenvalue weighted by atomic mass is 10.1. The number of carbonyl (C=O) groups is 2. The first kappa shape index (κ1) is 17.2. The number of thioether (sulfide) groups is 1. The summed E-state index contributed by atoms with van der Waals surface area (Å²) in [4.78, 5) is 24.0. The van der Waals surface area contributed by atoms with Crippen LogP contribution in [-0.2, 0) is 9.59 Å². The number of hydrogen-bond donors (Lipinski definition) is 2. The lowest BCUT2D eigenvalue weighted by Gasteiger charge is -2.09. The molecule has 0 unspecified atom stereocenters. The van der Waals surface area contributed by atoms with Gasteiger partial charge < -0.3 is 10.6 Å². The maximum Gasteiger partial charge on any atom is 0.240 e. The van der Waals surface area contributed by atoms with Crippen LogP contribution >= 0.6 is 11.8 Å². The molecule has 0 aliphatic carbocycles. The van der Waals surface area contributed by atoms with Crippen LogP contribution in [0.5, 0.6) is 0 Å². The van der Waals surface area contributed by atoms with Crippen molar-refractivity contribution in [2.45, 2.75) is 39.4 Å². The summed E-state index contributed by atoms with van der Waals surface area (Å²) in [6.45, 7) is 7.64. The SMILES string of the molecule is CC(C)=N/N=C1\NC(=O)[C@@H](CC(=O)Nc2ccc(C)c(C)c2)S1. The molecule has 1 aromatic rings. The van der Waals surface area contributed by atoms with Crippen LogP contribution in [0.25, 0.3) is 0 Å². The first-order chi connectivity index (χ1) is 10.8. The van der Waals surface area contributed by atoms with Gasteiger partial charge >= 0.3 is 0 Å². The Morgan fingerprint density at radius 1 is 1.30 bits per heavy atom. The van der Waals surface area contributed by atoms with Gasteiger partial charge in [-0.25, -0.2) is 0 Å². The van der Waals surface area contributed by atoms with Crippen LogP contribution < -0.4 is 10.6 Å². The van der Waals surface area contributed by atoms with E-state index < -0.39 is 5.25 Å². The van der Waals surface area contributed by atoms with Crippen LogP contribution in [0.2, 0.25) is 0 Å². The highest BCUT2D eigenvalue weighted by Gasteiger charge is 2.32. The fourth-order valence-corrected chi connectivity index (χ4v) is 2.85. The Hall–Kier alpha value is -2.15. The maximum atomic E-state index is 12.1. The van der Waals surface area contributed by atoms with Gasteiger partial charge in [-0.1, -0.05) is 17.8 Å². The topological polar surface area (TPSA) is 82.9 Å². The molecule has 1 aliphatic rings. The monoisotopic (exact) mass is 332 g/mol.